The molecule has 1 atom stereocenters. The Kier molecular flexibility index (Phi) is 3.17. The van der Waals surface area contributed by atoms with Gasteiger partial charge < -0.3 is 16.6 Å². The van der Waals surface area contributed by atoms with Gasteiger partial charge in [0.25, 0.3) is 0 Å². The van der Waals surface area contributed by atoms with Gasteiger partial charge in [-0.15, -0.1) is 0 Å². The molecule has 0 amide bonds. The number of rotatable bonds is 3. The summed E-state index contributed by atoms with van der Waals surface area (Å²) < 4.78 is 13.0. The van der Waals surface area contributed by atoms with E-state index in [0.717, 1.165) is 6.07 Å². The minimum atomic E-state index is -1.11. The van der Waals surface area contributed by atoms with Gasteiger partial charge in [-0.25, -0.2) is 0 Å². The molecule has 7 heteroatoms. The zero-order valence-corrected chi connectivity index (χ0v) is 7.68. The van der Waals surface area contributed by atoms with Crippen LogP contribution in [0, 0.1) is 15.9 Å². The number of phenols is 1. The molecule has 1 aromatic carbocycles. The second kappa shape index (κ2) is 4.20. The molecule has 0 aliphatic rings. The quantitative estimate of drug-likeness (QED) is 0.498. The summed E-state index contributed by atoms with van der Waals surface area (Å²) in [6.45, 7) is -0.00362. The lowest BCUT2D eigenvalue weighted by atomic mass is 10.1. The van der Waals surface area contributed by atoms with Crippen molar-refractivity contribution in [3.8, 4) is 5.75 Å². The fourth-order valence-electron chi connectivity index (χ4n) is 1.17. The Hall–Kier alpha value is -1.73. The van der Waals surface area contributed by atoms with Gasteiger partial charge in [-0.2, -0.15) is 4.39 Å². The number of halogens is 1. The maximum Gasteiger partial charge on any atom is 0.346 e. The highest BCUT2D eigenvalue weighted by molar-refractivity contribution is 5.52. The summed E-state index contributed by atoms with van der Waals surface area (Å²) in [5, 5.41) is 19.9. The minimum absolute atomic E-state index is 0.00362. The van der Waals surface area contributed by atoms with Gasteiger partial charge in [0.05, 0.1) is 4.92 Å². The van der Waals surface area contributed by atoms with E-state index >= 15 is 0 Å². The number of nitro benzene ring substituents is 1. The summed E-state index contributed by atoms with van der Waals surface area (Å²) in [5.74, 6) is -1.87. The van der Waals surface area contributed by atoms with Crippen LogP contribution in [0.5, 0.6) is 5.75 Å². The van der Waals surface area contributed by atoms with E-state index in [1.807, 2.05) is 0 Å². The first-order valence-corrected chi connectivity index (χ1v) is 4.10. The second-order valence-electron chi connectivity index (χ2n) is 2.93. The van der Waals surface area contributed by atoms with Gasteiger partial charge >= 0.3 is 5.69 Å². The Morgan fingerprint density at radius 2 is 2.20 bits per heavy atom. The van der Waals surface area contributed by atoms with Crippen LogP contribution in [0.2, 0.25) is 0 Å². The topological polar surface area (TPSA) is 115 Å². The summed E-state index contributed by atoms with van der Waals surface area (Å²) >= 11 is 0. The third kappa shape index (κ3) is 2.03. The average Bonchev–Trinajstić information content (AvgIpc) is 2.16. The standard InChI is InChI=1S/C8H10FN3O3/c9-5-2-1-4(6(11)3-10)8(13)7(5)12(14)15/h1-2,6,13H,3,10-11H2/t6-/m0/s1. The van der Waals surface area contributed by atoms with Gasteiger partial charge in [0.1, 0.15) is 0 Å². The summed E-state index contributed by atoms with van der Waals surface area (Å²) in [7, 11) is 0. The molecule has 0 saturated carbocycles. The highest BCUT2D eigenvalue weighted by Gasteiger charge is 2.25. The summed E-state index contributed by atoms with van der Waals surface area (Å²) in [5.41, 5.74) is 9.81. The summed E-state index contributed by atoms with van der Waals surface area (Å²) in [6, 6.07) is 1.29. The van der Waals surface area contributed by atoms with Gasteiger partial charge in [-0.05, 0) is 6.07 Å². The van der Waals surface area contributed by atoms with Gasteiger partial charge in [0, 0.05) is 18.2 Å². The molecule has 0 bridgehead atoms. The molecule has 0 heterocycles. The molecule has 0 radical (unpaired) electrons. The van der Waals surface area contributed by atoms with Crippen LogP contribution in [0.3, 0.4) is 0 Å². The first-order chi connectivity index (χ1) is 6.99. The van der Waals surface area contributed by atoms with Gasteiger partial charge in [-0.3, -0.25) is 10.1 Å². The van der Waals surface area contributed by atoms with E-state index in [0.29, 0.717) is 0 Å². The lowest BCUT2D eigenvalue weighted by Gasteiger charge is -2.10. The van der Waals surface area contributed by atoms with E-state index < -0.39 is 28.2 Å². The molecular weight excluding hydrogens is 205 g/mol. The Morgan fingerprint density at radius 3 is 2.67 bits per heavy atom. The monoisotopic (exact) mass is 215 g/mol. The molecule has 0 aromatic heterocycles. The van der Waals surface area contributed by atoms with Crippen molar-refractivity contribution < 1.29 is 14.4 Å². The van der Waals surface area contributed by atoms with Gasteiger partial charge in [0.2, 0.25) is 11.6 Å². The van der Waals surface area contributed by atoms with E-state index in [2.05, 4.69) is 0 Å². The van der Waals surface area contributed by atoms with Crippen LogP contribution in [0.25, 0.3) is 0 Å². The lowest BCUT2D eigenvalue weighted by Crippen LogP contribution is -2.21. The fraction of sp³-hybridized carbons (Fsp3) is 0.250. The second-order valence-corrected chi connectivity index (χ2v) is 2.93. The van der Waals surface area contributed by atoms with Gasteiger partial charge in [-0.1, -0.05) is 6.07 Å². The van der Waals surface area contributed by atoms with E-state index in [1.165, 1.54) is 6.07 Å². The lowest BCUT2D eigenvalue weighted by molar-refractivity contribution is -0.388. The number of nitrogens with zero attached hydrogens (tertiary/aromatic N) is 1. The molecule has 82 valence electrons. The van der Waals surface area contributed by atoms with Crippen molar-refractivity contribution in [2.24, 2.45) is 11.5 Å². The van der Waals surface area contributed by atoms with Crippen molar-refractivity contribution in [1.82, 2.24) is 0 Å². The van der Waals surface area contributed by atoms with Crippen LogP contribution in [0.4, 0.5) is 10.1 Å². The Labute approximate surface area is 84.5 Å². The molecule has 0 spiro atoms. The number of hydrogen-bond acceptors (Lipinski definition) is 5. The van der Waals surface area contributed by atoms with Crippen LogP contribution in [0.1, 0.15) is 11.6 Å². The van der Waals surface area contributed by atoms with Crippen molar-refractivity contribution in [2.75, 3.05) is 6.54 Å². The largest absolute Gasteiger partial charge is 0.502 e. The van der Waals surface area contributed by atoms with Crippen LogP contribution in [0.15, 0.2) is 12.1 Å². The van der Waals surface area contributed by atoms with Crippen LogP contribution >= 0.6 is 0 Å². The highest BCUT2D eigenvalue weighted by Crippen LogP contribution is 2.34. The van der Waals surface area contributed by atoms with Crippen LogP contribution < -0.4 is 11.5 Å². The molecule has 1 aromatic rings. The molecule has 0 saturated heterocycles. The van der Waals surface area contributed by atoms with Crippen molar-refractivity contribution >= 4 is 5.69 Å². The molecule has 6 nitrogen and oxygen atoms in total. The van der Waals surface area contributed by atoms with E-state index in [9.17, 15) is 19.6 Å². The number of nitro groups is 1. The number of aromatic hydroxyl groups is 1. The number of phenolic OH excluding ortho intramolecular Hbond substituents is 1. The first kappa shape index (κ1) is 11.3. The SMILES string of the molecule is NC[C@H](N)c1ccc(F)c([N+](=O)[O-])c1O. The maximum atomic E-state index is 13.0. The van der Waals surface area contributed by atoms with Crippen molar-refractivity contribution in [2.45, 2.75) is 6.04 Å². The maximum absolute atomic E-state index is 13.0. The third-order valence-corrected chi connectivity index (χ3v) is 1.97. The fourth-order valence-corrected chi connectivity index (χ4v) is 1.17. The van der Waals surface area contributed by atoms with E-state index in [4.69, 9.17) is 11.5 Å². The number of nitrogens with two attached hydrogens (primary N) is 2. The number of hydrogen-bond donors (Lipinski definition) is 3. The van der Waals surface area contributed by atoms with Crippen molar-refractivity contribution in [3.63, 3.8) is 0 Å². The number of benzene rings is 1. The third-order valence-electron chi connectivity index (χ3n) is 1.97. The molecule has 0 fully saturated rings. The molecule has 0 aliphatic heterocycles. The smallest absolute Gasteiger partial charge is 0.346 e. The zero-order valence-electron chi connectivity index (χ0n) is 7.68. The Bertz CT molecular complexity index is 397. The molecule has 1 rings (SSSR count). The average molecular weight is 215 g/mol. The zero-order chi connectivity index (χ0) is 11.6. The van der Waals surface area contributed by atoms with Crippen molar-refractivity contribution in [1.29, 1.82) is 0 Å². The molecule has 0 unspecified atom stereocenters. The first-order valence-electron chi connectivity index (χ1n) is 4.10. The van der Waals surface area contributed by atoms with Crippen molar-refractivity contribution in [3.05, 3.63) is 33.6 Å². The molecular formula is C8H10FN3O3. The van der Waals surface area contributed by atoms with Gasteiger partial charge in [0.15, 0.2) is 0 Å². The summed E-state index contributed by atoms with van der Waals surface area (Å²) in [4.78, 5) is 9.44. The minimum Gasteiger partial charge on any atom is -0.502 e. The molecule has 0 aliphatic carbocycles. The van der Waals surface area contributed by atoms with Crippen LogP contribution in [-0.4, -0.2) is 16.6 Å². The Balaban J connectivity index is 3.34. The predicted octanol–water partition coefficient (Wildman–Crippen LogP) is 0.398. The Morgan fingerprint density at radius 1 is 1.60 bits per heavy atom. The summed E-state index contributed by atoms with van der Waals surface area (Å²) in [6.07, 6.45) is 0. The van der Waals surface area contributed by atoms with E-state index in [1.54, 1.807) is 0 Å². The predicted molar refractivity (Wildman–Crippen MR) is 50.7 cm³/mol. The van der Waals surface area contributed by atoms with Crippen LogP contribution in [-0.2, 0) is 0 Å². The normalized spacial score (nSPS) is 12.5. The van der Waals surface area contributed by atoms with E-state index in [-0.39, 0.29) is 12.1 Å². The molecule has 5 N–H and O–H groups in total. The highest BCUT2D eigenvalue weighted by atomic mass is 19.1. The molecule has 15 heavy (non-hydrogen) atoms.